The molecule has 10 nitrogen and oxygen atoms in total. The second kappa shape index (κ2) is 17.1. The van der Waals surface area contributed by atoms with E-state index in [1.54, 1.807) is 30.3 Å². The topological polar surface area (TPSA) is 157 Å². The maximum atomic E-state index is 13.4. The monoisotopic (exact) mass is 591 g/mol. The number of benzene rings is 3. The first-order valence-electron chi connectivity index (χ1n) is 14.3. The molecule has 43 heavy (non-hydrogen) atoms. The summed E-state index contributed by atoms with van der Waals surface area (Å²) in [6.45, 7) is 3.94. The smallest absolute Gasteiger partial charge is 0.334 e. The number of hydrogen-bond acceptors (Lipinski definition) is 7. The number of aliphatic hydroxyl groups excluding tert-OH is 2. The molecule has 2 amide bonds. The third kappa shape index (κ3) is 11.3. The van der Waals surface area contributed by atoms with E-state index in [4.69, 9.17) is 4.84 Å². The molecule has 0 radical (unpaired) electrons. The van der Waals surface area contributed by atoms with Crippen molar-refractivity contribution < 1.29 is 34.5 Å². The summed E-state index contributed by atoms with van der Waals surface area (Å²) >= 11 is 0. The predicted molar refractivity (Wildman–Crippen MR) is 161 cm³/mol. The third-order valence-corrected chi connectivity index (χ3v) is 6.86. The van der Waals surface area contributed by atoms with Crippen molar-refractivity contribution in [2.45, 2.75) is 70.1 Å². The zero-order chi connectivity index (χ0) is 31.2. The molecule has 230 valence electrons. The predicted octanol–water partition coefficient (Wildman–Crippen LogP) is 2.38. The van der Waals surface area contributed by atoms with E-state index in [2.05, 4.69) is 16.1 Å². The van der Waals surface area contributed by atoms with E-state index in [9.17, 15) is 29.7 Å². The first-order valence-corrected chi connectivity index (χ1v) is 14.3. The van der Waals surface area contributed by atoms with Gasteiger partial charge in [-0.3, -0.25) is 14.4 Å². The quantitative estimate of drug-likeness (QED) is 0.131. The van der Waals surface area contributed by atoms with Gasteiger partial charge in [0.1, 0.15) is 6.04 Å². The molecule has 3 rings (SSSR count). The highest BCUT2D eigenvalue weighted by Gasteiger charge is 2.33. The van der Waals surface area contributed by atoms with Crippen LogP contribution in [0.5, 0.6) is 0 Å². The maximum Gasteiger partial charge on any atom is 0.334 e. The molecule has 0 aliphatic carbocycles. The Kier molecular flexibility index (Phi) is 13.3. The van der Waals surface area contributed by atoms with Gasteiger partial charge in [0.25, 0.3) is 5.91 Å². The minimum atomic E-state index is -1.87. The number of carboxylic acids is 1. The van der Waals surface area contributed by atoms with Gasteiger partial charge >= 0.3 is 5.97 Å². The fraction of sp³-hybridized carbons (Fsp3) is 0.364. The molecule has 0 aromatic heterocycles. The molecular formula is C33H41N3O7. The number of carbonyl (C=O) groups is 3. The zero-order valence-corrected chi connectivity index (χ0v) is 24.4. The third-order valence-electron chi connectivity index (χ3n) is 6.86. The summed E-state index contributed by atoms with van der Waals surface area (Å²) in [4.78, 5) is 44.0. The fourth-order valence-corrected chi connectivity index (χ4v) is 4.60. The van der Waals surface area contributed by atoms with E-state index in [1.807, 2.05) is 74.5 Å². The van der Waals surface area contributed by atoms with Gasteiger partial charge in [0, 0.05) is 0 Å². The molecule has 0 saturated carbocycles. The van der Waals surface area contributed by atoms with Crippen LogP contribution >= 0.6 is 0 Å². The second-order valence-corrected chi connectivity index (χ2v) is 10.9. The van der Waals surface area contributed by atoms with E-state index in [-0.39, 0.29) is 31.8 Å². The number of hydroxylamine groups is 1. The minimum absolute atomic E-state index is 0.0300. The van der Waals surface area contributed by atoms with Crippen LogP contribution in [0.2, 0.25) is 0 Å². The van der Waals surface area contributed by atoms with Gasteiger partial charge in [0.05, 0.1) is 18.7 Å². The molecule has 1 unspecified atom stereocenters. The Bertz CT molecular complexity index is 1280. The Morgan fingerprint density at radius 2 is 1.16 bits per heavy atom. The van der Waals surface area contributed by atoms with Gasteiger partial charge in [0.15, 0.2) is 12.2 Å². The molecule has 0 saturated heterocycles. The standard InChI is InChI=1S/C33H41N3O7/c1-22(2)18-28(31(39)34-26(30(38)33(41)42)19-23-12-6-3-7-13-23)35-32(40)29(37)27(20-24-14-8-4-9-15-24)36-43-21-25-16-10-5-11-17-25/h3-17,22,26-30,36-38H,18-21H2,1-2H3,(H,34,39)(H,35,40)(H,41,42)/t26-,27-,28?,29+,30+/m1/s1. The van der Waals surface area contributed by atoms with Crippen LogP contribution in [-0.4, -0.2) is 63.4 Å². The highest BCUT2D eigenvalue weighted by Crippen LogP contribution is 2.12. The number of rotatable bonds is 17. The van der Waals surface area contributed by atoms with Gasteiger partial charge in [0.2, 0.25) is 5.91 Å². The second-order valence-electron chi connectivity index (χ2n) is 10.9. The molecule has 0 spiro atoms. The molecular weight excluding hydrogens is 550 g/mol. The van der Waals surface area contributed by atoms with Gasteiger partial charge in [-0.05, 0) is 41.9 Å². The number of carboxylic acid groups (broad SMARTS) is 1. The summed E-state index contributed by atoms with van der Waals surface area (Å²) in [7, 11) is 0. The number of nitrogens with one attached hydrogen (secondary N) is 3. The average Bonchev–Trinajstić information content (AvgIpc) is 3.00. The van der Waals surface area contributed by atoms with Crippen molar-refractivity contribution in [3.8, 4) is 0 Å². The molecule has 0 fully saturated rings. The van der Waals surface area contributed by atoms with E-state index in [0.717, 1.165) is 16.7 Å². The normalized spacial score (nSPS) is 14.7. The van der Waals surface area contributed by atoms with Crippen molar-refractivity contribution >= 4 is 17.8 Å². The van der Waals surface area contributed by atoms with E-state index < -0.39 is 48.1 Å². The first-order chi connectivity index (χ1) is 20.6. The summed E-state index contributed by atoms with van der Waals surface area (Å²) in [6, 6.07) is 24.5. The Morgan fingerprint density at radius 3 is 1.65 bits per heavy atom. The van der Waals surface area contributed by atoms with Crippen molar-refractivity contribution in [2.24, 2.45) is 5.92 Å². The van der Waals surface area contributed by atoms with Crippen LogP contribution in [0.25, 0.3) is 0 Å². The molecule has 0 aliphatic heterocycles. The fourth-order valence-electron chi connectivity index (χ4n) is 4.60. The SMILES string of the molecule is CC(C)CC(NC(=O)[C@@H](O)[C@@H](Cc1ccccc1)NOCc1ccccc1)C(=O)N[C@H](Cc1ccccc1)[C@H](O)C(=O)O. The lowest BCUT2D eigenvalue weighted by atomic mass is 9.98. The molecule has 3 aromatic rings. The molecule has 0 heterocycles. The summed E-state index contributed by atoms with van der Waals surface area (Å²) in [5.41, 5.74) is 5.30. The van der Waals surface area contributed by atoms with Crippen molar-refractivity contribution in [2.75, 3.05) is 0 Å². The highest BCUT2D eigenvalue weighted by atomic mass is 16.6. The lowest BCUT2D eigenvalue weighted by Crippen LogP contribution is -2.58. The number of aliphatic hydroxyl groups is 2. The van der Waals surface area contributed by atoms with E-state index in [1.165, 1.54) is 0 Å². The van der Waals surface area contributed by atoms with E-state index >= 15 is 0 Å². The van der Waals surface area contributed by atoms with Crippen LogP contribution < -0.4 is 16.1 Å². The van der Waals surface area contributed by atoms with Crippen molar-refractivity contribution in [3.63, 3.8) is 0 Å². The zero-order valence-electron chi connectivity index (χ0n) is 24.4. The van der Waals surface area contributed by atoms with Crippen molar-refractivity contribution in [3.05, 3.63) is 108 Å². The van der Waals surface area contributed by atoms with E-state index in [0.29, 0.717) is 0 Å². The van der Waals surface area contributed by atoms with Crippen molar-refractivity contribution in [1.82, 2.24) is 16.1 Å². The molecule has 10 heteroatoms. The summed E-state index contributed by atoms with van der Waals surface area (Å²) < 4.78 is 0. The van der Waals surface area contributed by atoms with Crippen molar-refractivity contribution in [1.29, 1.82) is 0 Å². The first kappa shape index (κ1) is 33.4. The highest BCUT2D eigenvalue weighted by molar-refractivity contribution is 5.90. The molecule has 0 bridgehead atoms. The molecule has 5 atom stereocenters. The number of amides is 2. The van der Waals surface area contributed by atoms with Crippen LogP contribution in [0, 0.1) is 5.92 Å². The summed E-state index contributed by atoms with van der Waals surface area (Å²) in [5, 5.41) is 36.2. The van der Waals surface area contributed by atoms with Crippen LogP contribution in [0.4, 0.5) is 0 Å². The Balaban J connectivity index is 1.73. The molecule has 3 aromatic carbocycles. The maximum absolute atomic E-state index is 13.4. The minimum Gasteiger partial charge on any atom is -0.479 e. The lowest BCUT2D eigenvalue weighted by Gasteiger charge is -2.28. The van der Waals surface area contributed by atoms with Gasteiger partial charge in [-0.1, -0.05) is 105 Å². The Morgan fingerprint density at radius 1 is 0.674 bits per heavy atom. The summed E-state index contributed by atoms with van der Waals surface area (Å²) in [5.74, 6) is -2.97. The number of aliphatic carboxylic acids is 1. The van der Waals surface area contributed by atoms with Crippen LogP contribution in [0.15, 0.2) is 91.0 Å². The lowest BCUT2D eigenvalue weighted by molar-refractivity contribution is -0.149. The molecule has 6 N–H and O–H groups in total. The average molecular weight is 592 g/mol. The van der Waals surface area contributed by atoms with Crippen LogP contribution in [0.3, 0.4) is 0 Å². The molecule has 0 aliphatic rings. The Hall–Kier alpha value is -4.09. The van der Waals surface area contributed by atoms with Gasteiger partial charge < -0.3 is 26.0 Å². The van der Waals surface area contributed by atoms with Crippen LogP contribution in [-0.2, 0) is 38.7 Å². The Labute approximate surface area is 252 Å². The van der Waals surface area contributed by atoms with Gasteiger partial charge in [-0.25, -0.2) is 4.79 Å². The number of hydrogen-bond donors (Lipinski definition) is 6. The van der Waals surface area contributed by atoms with Gasteiger partial charge in [-0.15, -0.1) is 0 Å². The number of carbonyl (C=O) groups excluding carboxylic acids is 2. The van der Waals surface area contributed by atoms with Crippen LogP contribution in [0.1, 0.15) is 37.0 Å². The summed E-state index contributed by atoms with van der Waals surface area (Å²) in [6.07, 6.45) is -2.93. The van der Waals surface area contributed by atoms with Gasteiger partial charge in [-0.2, -0.15) is 5.48 Å². The largest absolute Gasteiger partial charge is 0.479 e.